The molecule has 1 aromatic heterocycles. The molecule has 0 bridgehead atoms. The number of fused-ring (bicyclic) bond motifs is 1. The van der Waals surface area contributed by atoms with Crippen molar-refractivity contribution >= 4 is 34.5 Å². The van der Waals surface area contributed by atoms with Crippen LogP contribution in [0.2, 0.25) is 0 Å². The van der Waals surface area contributed by atoms with Gasteiger partial charge in [-0.05, 0) is 41.8 Å². The van der Waals surface area contributed by atoms with Gasteiger partial charge in [0, 0.05) is 30.2 Å². The Hall–Kier alpha value is -3.23. The number of hydrogen-bond donors (Lipinski definition) is 1. The molecule has 2 heterocycles. The van der Waals surface area contributed by atoms with Crippen molar-refractivity contribution in [2.75, 3.05) is 37.1 Å². The molecule has 2 aromatic carbocycles. The summed E-state index contributed by atoms with van der Waals surface area (Å²) >= 11 is 1.57. The molecule has 3 aromatic rings. The molecule has 4 rings (SSSR count). The van der Waals surface area contributed by atoms with Crippen LogP contribution in [-0.2, 0) is 20.7 Å². The van der Waals surface area contributed by atoms with Gasteiger partial charge >= 0.3 is 0 Å². The highest BCUT2D eigenvalue weighted by atomic mass is 32.1. The summed E-state index contributed by atoms with van der Waals surface area (Å²) in [6.07, 6.45) is 0.748. The van der Waals surface area contributed by atoms with E-state index in [1.165, 1.54) is 10.5 Å². The molecule has 0 spiro atoms. The highest BCUT2D eigenvalue weighted by Gasteiger charge is 2.28. The first-order chi connectivity index (χ1) is 15.9. The molecule has 172 valence electrons. The van der Waals surface area contributed by atoms with Crippen LogP contribution in [0.25, 0.3) is 11.3 Å². The van der Waals surface area contributed by atoms with Gasteiger partial charge in [0.2, 0.25) is 5.91 Å². The van der Waals surface area contributed by atoms with Crippen molar-refractivity contribution in [3.63, 3.8) is 0 Å². The first kappa shape index (κ1) is 22.9. The lowest BCUT2D eigenvalue weighted by atomic mass is 10.0. The minimum Gasteiger partial charge on any atom is -0.482 e. The molecule has 0 aliphatic carbocycles. The number of ether oxygens (including phenoxy) is 2. The lowest BCUT2D eigenvalue weighted by Crippen LogP contribution is -2.43. The van der Waals surface area contributed by atoms with Gasteiger partial charge in [-0.25, -0.2) is 4.98 Å². The van der Waals surface area contributed by atoms with Crippen LogP contribution in [0, 0.1) is 0 Å². The van der Waals surface area contributed by atoms with Gasteiger partial charge in [-0.15, -0.1) is 11.3 Å². The fourth-order valence-corrected chi connectivity index (χ4v) is 4.37. The zero-order valence-electron chi connectivity index (χ0n) is 19.0. The number of methoxy groups -OCH3 is 1. The molecule has 0 fully saturated rings. The van der Waals surface area contributed by atoms with Crippen LogP contribution in [0.1, 0.15) is 30.3 Å². The van der Waals surface area contributed by atoms with E-state index in [0.29, 0.717) is 29.6 Å². The van der Waals surface area contributed by atoms with Crippen molar-refractivity contribution in [2.24, 2.45) is 0 Å². The Morgan fingerprint density at radius 2 is 2.03 bits per heavy atom. The lowest BCUT2D eigenvalue weighted by molar-refractivity contribution is -0.123. The maximum Gasteiger partial charge on any atom is 0.265 e. The number of aromatic nitrogens is 1. The van der Waals surface area contributed by atoms with Crippen LogP contribution in [-0.4, -0.2) is 43.7 Å². The van der Waals surface area contributed by atoms with Gasteiger partial charge in [-0.3, -0.25) is 14.5 Å². The quantitative estimate of drug-likeness (QED) is 0.530. The van der Waals surface area contributed by atoms with E-state index in [2.05, 4.69) is 24.1 Å². The van der Waals surface area contributed by atoms with Gasteiger partial charge < -0.3 is 14.8 Å². The van der Waals surface area contributed by atoms with Crippen molar-refractivity contribution < 1.29 is 19.1 Å². The van der Waals surface area contributed by atoms with E-state index < -0.39 is 0 Å². The van der Waals surface area contributed by atoms with Crippen molar-refractivity contribution in [1.82, 2.24) is 4.98 Å². The summed E-state index contributed by atoms with van der Waals surface area (Å²) in [5.74, 6) is 0.459. The number of thiazole rings is 1. The van der Waals surface area contributed by atoms with Crippen LogP contribution in [0.5, 0.6) is 5.75 Å². The second kappa shape index (κ2) is 10.1. The number of nitrogens with zero attached hydrogens (tertiary/aromatic N) is 2. The molecule has 1 aliphatic rings. The Balaban J connectivity index is 1.51. The Kier molecular flexibility index (Phi) is 7.05. The Morgan fingerprint density at radius 1 is 1.24 bits per heavy atom. The van der Waals surface area contributed by atoms with Crippen molar-refractivity contribution in [3.8, 4) is 17.0 Å². The largest absolute Gasteiger partial charge is 0.482 e. The number of benzene rings is 2. The average Bonchev–Trinajstić information content (AvgIpc) is 3.28. The third-order valence-electron chi connectivity index (χ3n) is 5.43. The van der Waals surface area contributed by atoms with Crippen molar-refractivity contribution in [2.45, 2.75) is 26.2 Å². The molecule has 8 heteroatoms. The van der Waals surface area contributed by atoms with E-state index in [9.17, 15) is 9.59 Å². The predicted molar refractivity (Wildman–Crippen MR) is 130 cm³/mol. The smallest absolute Gasteiger partial charge is 0.265 e. The fourth-order valence-electron chi connectivity index (χ4n) is 3.58. The molecular formula is C25H27N3O4S. The topological polar surface area (TPSA) is 80.8 Å². The van der Waals surface area contributed by atoms with Gasteiger partial charge in [0.1, 0.15) is 12.3 Å². The molecule has 0 atom stereocenters. The molecule has 7 nitrogen and oxygen atoms in total. The minimum absolute atomic E-state index is 0.0965. The number of rotatable bonds is 8. The predicted octanol–water partition coefficient (Wildman–Crippen LogP) is 4.49. The molecule has 0 unspecified atom stereocenters. The van der Waals surface area contributed by atoms with Crippen LogP contribution < -0.4 is 15.0 Å². The number of amides is 2. The minimum atomic E-state index is -0.269. The first-order valence-corrected chi connectivity index (χ1v) is 11.7. The highest BCUT2D eigenvalue weighted by molar-refractivity contribution is 7.09. The lowest BCUT2D eigenvalue weighted by Gasteiger charge is -2.29. The second-order valence-corrected chi connectivity index (χ2v) is 9.09. The average molecular weight is 466 g/mol. The summed E-state index contributed by atoms with van der Waals surface area (Å²) < 4.78 is 10.7. The van der Waals surface area contributed by atoms with Gasteiger partial charge in [-0.2, -0.15) is 0 Å². The maximum atomic E-state index is 12.7. The molecular weight excluding hydrogens is 438 g/mol. The molecule has 2 amide bonds. The monoisotopic (exact) mass is 465 g/mol. The summed E-state index contributed by atoms with van der Waals surface area (Å²) in [5, 5.41) is 5.84. The Labute approximate surface area is 197 Å². The molecule has 1 N–H and O–H groups in total. The van der Waals surface area contributed by atoms with E-state index in [4.69, 9.17) is 9.47 Å². The van der Waals surface area contributed by atoms with Gasteiger partial charge in [-0.1, -0.05) is 26.0 Å². The number of nitrogens with one attached hydrogen (secondary N) is 1. The van der Waals surface area contributed by atoms with E-state index in [0.717, 1.165) is 22.7 Å². The van der Waals surface area contributed by atoms with Crippen molar-refractivity contribution in [1.29, 1.82) is 0 Å². The Bertz CT molecular complexity index is 1140. The molecule has 0 saturated carbocycles. The number of carbonyl (C=O) groups is 2. The van der Waals surface area contributed by atoms with Crippen LogP contribution in [0.15, 0.2) is 47.8 Å². The zero-order valence-corrected chi connectivity index (χ0v) is 19.8. The zero-order chi connectivity index (χ0) is 23.4. The summed E-state index contributed by atoms with van der Waals surface area (Å²) in [6, 6.07) is 13.3. The SMILES string of the molecule is COCCc1nc(-c2ccc3c(c2)N(CC(=O)Nc2ccc(C(C)C)cc2)C(=O)CO3)cs1. The normalized spacial score (nSPS) is 13.1. The Morgan fingerprint density at radius 3 is 2.76 bits per heavy atom. The van der Waals surface area contributed by atoms with E-state index in [1.807, 2.05) is 47.8 Å². The molecule has 33 heavy (non-hydrogen) atoms. The van der Waals surface area contributed by atoms with E-state index >= 15 is 0 Å². The molecule has 1 aliphatic heterocycles. The number of carbonyl (C=O) groups excluding carboxylic acids is 2. The van der Waals surface area contributed by atoms with E-state index in [-0.39, 0.29) is 25.0 Å². The highest BCUT2D eigenvalue weighted by Crippen LogP contribution is 2.36. The summed E-state index contributed by atoms with van der Waals surface area (Å²) in [5.41, 5.74) is 4.15. The molecule has 0 saturated heterocycles. The third-order valence-corrected chi connectivity index (χ3v) is 6.34. The molecule has 0 radical (unpaired) electrons. The summed E-state index contributed by atoms with van der Waals surface area (Å²) in [4.78, 5) is 31.5. The van der Waals surface area contributed by atoms with Gasteiger partial charge in [0.25, 0.3) is 5.91 Å². The first-order valence-electron chi connectivity index (χ1n) is 10.9. The summed E-state index contributed by atoms with van der Waals surface area (Å²) in [6.45, 7) is 4.66. The second-order valence-electron chi connectivity index (χ2n) is 8.15. The van der Waals surface area contributed by atoms with Gasteiger partial charge in [0.15, 0.2) is 6.61 Å². The maximum absolute atomic E-state index is 12.7. The standard InChI is InChI=1S/C25H27N3O4S/c1-16(2)17-4-7-19(8-5-17)26-23(29)13-28-21-12-18(6-9-22(21)32-14-25(28)30)20-15-33-24(27-20)10-11-31-3/h4-9,12,15-16H,10-11,13-14H2,1-3H3,(H,26,29). The van der Waals surface area contributed by atoms with Crippen molar-refractivity contribution in [3.05, 3.63) is 58.4 Å². The number of hydrogen-bond acceptors (Lipinski definition) is 6. The van der Waals surface area contributed by atoms with Gasteiger partial charge in [0.05, 0.1) is 23.0 Å². The third kappa shape index (κ3) is 5.40. The number of anilines is 2. The van der Waals surface area contributed by atoms with E-state index in [1.54, 1.807) is 18.4 Å². The summed E-state index contributed by atoms with van der Waals surface area (Å²) in [7, 11) is 1.67. The fraction of sp³-hybridized carbons (Fsp3) is 0.320. The van der Waals surface area contributed by atoms with Crippen LogP contribution >= 0.6 is 11.3 Å². The van der Waals surface area contributed by atoms with Crippen LogP contribution in [0.4, 0.5) is 11.4 Å². The van der Waals surface area contributed by atoms with Crippen LogP contribution in [0.3, 0.4) is 0 Å².